The van der Waals surface area contributed by atoms with Crippen LogP contribution in [-0.2, 0) is 28.1 Å². The minimum atomic E-state index is -0.167. The summed E-state index contributed by atoms with van der Waals surface area (Å²) in [6, 6.07) is 0. The van der Waals surface area contributed by atoms with Gasteiger partial charge >= 0.3 is 0 Å². The van der Waals surface area contributed by atoms with E-state index in [0.29, 0.717) is 0 Å². The summed E-state index contributed by atoms with van der Waals surface area (Å²) < 4.78 is 0. The first-order valence-corrected chi connectivity index (χ1v) is 8.55. The van der Waals surface area contributed by atoms with E-state index in [-0.39, 0.29) is 40.0 Å². The van der Waals surface area contributed by atoms with Crippen molar-refractivity contribution in [2.75, 3.05) is 0 Å². The molecule has 0 bridgehead atoms. The Bertz CT molecular complexity index is 346. The van der Waals surface area contributed by atoms with Crippen molar-refractivity contribution in [2.24, 2.45) is 0 Å². The van der Waals surface area contributed by atoms with E-state index < -0.39 is 0 Å². The van der Waals surface area contributed by atoms with Gasteiger partial charge in [0.15, 0.2) is 0 Å². The molecule has 0 spiro atoms. The summed E-state index contributed by atoms with van der Waals surface area (Å²) in [6.45, 7) is 21.5. The van der Waals surface area contributed by atoms with Gasteiger partial charge in [0.05, 0.1) is 0 Å². The minimum absolute atomic E-state index is 0. The first kappa shape index (κ1) is 31.7. The van der Waals surface area contributed by atoms with E-state index in [0.717, 1.165) is 0 Å². The second kappa shape index (κ2) is 17.8. The van der Waals surface area contributed by atoms with Crippen LogP contribution in [0.4, 0.5) is 0 Å². The van der Waals surface area contributed by atoms with Gasteiger partial charge in [-0.25, -0.2) is 0 Å². The molecule has 0 aliphatic heterocycles. The predicted octanol–water partition coefficient (Wildman–Crippen LogP) is 4.36. The van der Waals surface area contributed by atoms with Gasteiger partial charge in [-0.1, -0.05) is 41.0 Å². The SMILES string of the molecule is CC(C)O.CC(C)O.CC(C)O.CC[c-]1c(C)c(C)c(C)c1C.[Ti]. The molecule has 0 radical (unpaired) electrons. The Balaban J connectivity index is -0.000000130. The molecule has 0 saturated heterocycles. The first-order valence-electron chi connectivity index (χ1n) is 8.55. The van der Waals surface area contributed by atoms with E-state index in [1.54, 1.807) is 47.1 Å². The summed E-state index contributed by atoms with van der Waals surface area (Å²) in [7, 11) is 0. The molecular weight excluding hydrogens is 336 g/mol. The van der Waals surface area contributed by atoms with Crippen LogP contribution in [0.15, 0.2) is 0 Å². The molecule has 0 unspecified atom stereocenters. The van der Waals surface area contributed by atoms with E-state index in [1.165, 1.54) is 28.7 Å². The fourth-order valence-electron chi connectivity index (χ4n) is 1.83. The van der Waals surface area contributed by atoms with E-state index in [1.807, 2.05) is 0 Å². The zero-order valence-electron chi connectivity index (χ0n) is 17.8. The predicted molar refractivity (Wildman–Crippen MR) is 102 cm³/mol. The Morgan fingerprint density at radius 1 is 0.667 bits per heavy atom. The van der Waals surface area contributed by atoms with Crippen LogP contribution in [0.25, 0.3) is 0 Å². The van der Waals surface area contributed by atoms with Crippen molar-refractivity contribution >= 4 is 0 Å². The standard InChI is InChI=1S/C11H17.3C3H8O.Ti/c1-6-11-9(4)7(2)8(3)10(11)5;3*1-3(2)4;/h6H2,1-5H3;3*3-4H,1-2H3;/q-1;;;;. The van der Waals surface area contributed by atoms with Gasteiger partial charge in [0.1, 0.15) is 0 Å². The second-order valence-corrected chi connectivity index (χ2v) is 6.61. The zero-order chi connectivity index (χ0) is 19.3. The molecule has 144 valence electrons. The number of rotatable bonds is 1. The van der Waals surface area contributed by atoms with E-state index in [4.69, 9.17) is 15.3 Å². The Hall–Kier alpha value is -0.0557. The average Bonchev–Trinajstić information content (AvgIpc) is 2.52. The number of hydrogen-bond donors (Lipinski definition) is 3. The van der Waals surface area contributed by atoms with Crippen molar-refractivity contribution in [3.63, 3.8) is 0 Å². The third-order valence-corrected chi connectivity index (χ3v) is 2.95. The van der Waals surface area contributed by atoms with Gasteiger partial charge in [-0.05, 0) is 41.5 Å². The molecule has 3 N–H and O–H groups in total. The fraction of sp³-hybridized carbons (Fsp3) is 0.750. The largest absolute Gasteiger partial charge is 0.394 e. The van der Waals surface area contributed by atoms with E-state index in [9.17, 15) is 0 Å². The zero-order valence-corrected chi connectivity index (χ0v) is 19.3. The fourth-order valence-corrected chi connectivity index (χ4v) is 1.83. The number of hydrogen-bond acceptors (Lipinski definition) is 3. The van der Waals surface area contributed by atoms with Crippen molar-refractivity contribution in [3.05, 3.63) is 27.8 Å². The van der Waals surface area contributed by atoms with Crippen LogP contribution in [0.5, 0.6) is 0 Å². The summed E-state index contributed by atoms with van der Waals surface area (Å²) in [6.07, 6.45) is 0.673. The average molecular weight is 377 g/mol. The van der Waals surface area contributed by atoms with Crippen LogP contribution < -0.4 is 0 Å². The van der Waals surface area contributed by atoms with Crippen molar-refractivity contribution in [3.8, 4) is 0 Å². The monoisotopic (exact) mass is 377 g/mol. The smallest absolute Gasteiger partial charge is 0.0483 e. The number of aliphatic hydroxyl groups is 3. The van der Waals surface area contributed by atoms with Gasteiger partial charge in [-0.3, -0.25) is 0 Å². The van der Waals surface area contributed by atoms with Crippen LogP contribution in [0, 0.1) is 27.7 Å². The summed E-state index contributed by atoms with van der Waals surface area (Å²) in [5.41, 5.74) is 7.53. The van der Waals surface area contributed by atoms with Crippen LogP contribution in [0.1, 0.15) is 76.3 Å². The maximum atomic E-state index is 8.06. The normalized spacial score (nSPS) is 9.38. The van der Waals surface area contributed by atoms with Crippen LogP contribution >= 0.6 is 0 Å². The third-order valence-electron chi connectivity index (χ3n) is 2.95. The van der Waals surface area contributed by atoms with Crippen LogP contribution in [0.3, 0.4) is 0 Å². The molecule has 0 aromatic heterocycles. The minimum Gasteiger partial charge on any atom is -0.394 e. The Morgan fingerprint density at radius 3 is 0.917 bits per heavy atom. The molecule has 0 aliphatic carbocycles. The van der Waals surface area contributed by atoms with Crippen molar-refractivity contribution < 1.29 is 37.0 Å². The molecule has 0 fully saturated rings. The van der Waals surface area contributed by atoms with Crippen molar-refractivity contribution in [2.45, 2.75) is 101 Å². The molecule has 1 aromatic rings. The molecule has 24 heavy (non-hydrogen) atoms. The quantitative estimate of drug-likeness (QED) is 0.503. The summed E-state index contributed by atoms with van der Waals surface area (Å²) in [4.78, 5) is 0. The maximum absolute atomic E-state index is 8.06. The van der Waals surface area contributed by atoms with Gasteiger partial charge in [-0.2, -0.15) is 27.8 Å². The number of aliphatic hydroxyl groups excluding tert-OH is 3. The van der Waals surface area contributed by atoms with Gasteiger partial charge in [0, 0.05) is 40.0 Å². The Kier molecular flexibility index (Phi) is 23.4. The van der Waals surface area contributed by atoms with E-state index >= 15 is 0 Å². The molecule has 0 heterocycles. The van der Waals surface area contributed by atoms with Gasteiger partial charge < -0.3 is 15.3 Å². The molecule has 1 rings (SSSR count). The van der Waals surface area contributed by atoms with Crippen molar-refractivity contribution in [1.29, 1.82) is 0 Å². The molecule has 0 amide bonds. The maximum Gasteiger partial charge on any atom is 0.0483 e. The summed E-state index contributed by atoms with van der Waals surface area (Å²) in [5.74, 6) is 0. The van der Waals surface area contributed by atoms with E-state index in [2.05, 4.69) is 34.6 Å². The molecular formula is C20H41O3Ti-. The van der Waals surface area contributed by atoms with Gasteiger partial charge in [-0.15, -0.1) is 0 Å². The molecule has 0 saturated carbocycles. The topological polar surface area (TPSA) is 60.7 Å². The third kappa shape index (κ3) is 20.0. The Morgan fingerprint density at radius 2 is 0.833 bits per heavy atom. The molecule has 3 nitrogen and oxygen atoms in total. The Labute approximate surface area is 165 Å². The molecule has 0 atom stereocenters. The molecule has 0 aliphatic rings. The van der Waals surface area contributed by atoms with Crippen LogP contribution in [0.2, 0.25) is 0 Å². The molecule has 4 heteroatoms. The summed E-state index contributed by atoms with van der Waals surface area (Å²) >= 11 is 0. The molecule has 1 aromatic carbocycles. The van der Waals surface area contributed by atoms with Crippen LogP contribution in [-0.4, -0.2) is 33.6 Å². The second-order valence-electron chi connectivity index (χ2n) is 6.61. The van der Waals surface area contributed by atoms with Gasteiger partial charge in [0.25, 0.3) is 0 Å². The first-order chi connectivity index (χ1) is 10.3. The summed E-state index contributed by atoms with van der Waals surface area (Å²) in [5, 5.41) is 24.2. The van der Waals surface area contributed by atoms with Crippen molar-refractivity contribution in [1.82, 2.24) is 0 Å². The van der Waals surface area contributed by atoms with Gasteiger partial charge in [0.2, 0.25) is 0 Å².